The van der Waals surface area contributed by atoms with Crippen molar-refractivity contribution in [2.45, 2.75) is 68.7 Å². The molecular formula is C20H29ClN4O5S. The zero-order valence-corrected chi connectivity index (χ0v) is 19.5. The zero-order chi connectivity index (χ0) is 22.4. The van der Waals surface area contributed by atoms with Crippen LogP contribution in [-0.2, 0) is 24.9 Å². The van der Waals surface area contributed by atoms with E-state index in [1.165, 1.54) is 7.11 Å². The lowest BCUT2D eigenvalue weighted by Gasteiger charge is -2.32. The number of nitrogens with zero attached hydrogens (tertiary/aromatic N) is 3. The molecular weight excluding hydrogens is 444 g/mol. The first-order valence-electron chi connectivity index (χ1n) is 10.6. The lowest BCUT2D eigenvalue weighted by molar-refractivity contribution is -0.0103. The van der Waals surface area contributed by atoms with Gasteiger partial charge in [0.2, 0.25) is 10.0 Å². The predicted molar refractivity (Wildman–Crippen MR) is 114 cm³/mol. The summed E-state index contributed by atoms with van der Waals surface area (Å²) in [5, 5.41) is 0.535. The van der Waals surface area contributed by atoms with Gasteiger partial charge in [-0.1, -0.05) is 11.6 Å². The number of fused-ring (bicyclic) bond motifs is 1. The first-order valence-corrected chi connectivity index (χ1v) is 12.8. The molecule has 0 bridgehead atoms. The van der Waals surface area contributed by atoms with Crippen LogP contribution in [0.15, 0.2) is 12.4 Å². The monoisotopic (exact) mass is 472 g/mol. The second kappa shape index (κ2) is 8.46. The Kier molecular flexibility index (Phi) is 6.19. The smallest absolute Gasteiger partial charge is 0.410 e. The molecule has 2 heterocycles. The van der Waals surface area contributed by atoms with Gasteiger partial charge >= 0.3 is 6.09 Å². The molecule has 4 rings (SSSR count). The third-order valence-electron chi connectivity index (χ3n) is 6.90. The second-order valence-corrected chi connectivity index (χ2v) is 11.3. The molecule has 3 aliphatic rings. The van der Waals surface area contributed by atoms with Crippen molar-refractivity contribution in [3.8, 4) is 0 Å². The van der Waals surface area contributed by atoms with Crippen LogP contribution in [0.4, 0.5) is 4.79 Å². The molecule has 172 valence electrons. The van der Waals surface area contributed by atoms with Crippen molar-refractivity contribution in [3.05, 3.63) is 23.2 Å². The topological polar surface area (TPSA) is 111 Å². The van der Waals surface area contributed by atoms with Gasteiger partial charge in [0.25, 0.3) is 0 Å². The first kappa shape index (κ1) is 22.7. The van der Waals surface area contributed by atoms with Crippen LogP contribution in [0.25, 0.3) is 0 Å². The third-order valence-corrected chi connectivity index (χ3v) is 7.83. The van der Waals surface area contributed by atoms with E-state index in [9.17, 15) is 13.2 Å². The van der Waals surface area contributed by atoms with E-state index in [-0.39, 0.29) is 24.2 Å². The number of likely N-dealkylation sites (tertiary alicyclic amines) is 1. The summed E-state index contributed by atoms with van der Waals surface area (Å²) in [5.41, 5.74) is 0.0325. The van der Waals surface area contributed by atoms with Crippen molar-refractivity contribution in [3.63, 3.8) is 0 Å². The van der Waals surface area contributed by atoms with Crippen LogP contribution < -0.4 is 4.72 Å². The Morgan fingerprint density at radius 3 is 2.68 bits per heavy atom. The molecule has 9 nitrogen and oxygen atoms in total. The van der Waals surface area contributed by atoms with E-state index in [0.29, 0.717) is 17.4 Å². The highest BCUT2D eigenvalue weighted by atomic mass is 35.5. The van der Waals surface area contributed by atoms with E-state index in [1.807, 2.05) is 6.92 Å². The number of nitrogens with one attached hydrogen (secondary N) is 1. The van der Waals surface area contributed by atoms with Gasteiger partial charge < -0.3 is 9.47 Å². The van der Waals surface area contributed by atoms with Gasteiger partial charge in [0.15, 0.2) is 0 Å². The Balaban J connectivity index is 1.39. The van der Waals surface area contributed by atoms with Crippen LogP contribution in [0.3, 0.4) is 0 Å². The molecule has 0 aromatic carbocycles. The van der Waals surface area contributed by atoms with Crippen LogP contribution in [0, 0.1) is 5.92 Å². The number of carbonyl (C=O) groups is 1. The van der Waals surface area contributed by atoms with Gasteiger partial charge in [0.05, 0.1) is 37.1 Å². The molecule has 3 fully saturated rings. The van der Waals surface area contributed by atoms with E-state index in [0.717, 1.165) is 37.8 Å². The van der Waals surface area contributed by atoms with Gasteiger partial charge in [-0.05, 0) is 44.9 Å². The standard InChI is InChI=1S/C20H29ClN4O5S/c1-12-6-16(24-31(3,27)28)17(25(12)19(26)29-2)11-30-15-4-5-20(8-13(20)7-15)18-22-9-14(21)10-23-18/h9-10,12-13,15-17,24H,4-8,11H2,1-3H3/t12-,13-,15+,16+,17+,20-/m1/s1. The maximum atomic E-state index is 12.3. The van der Waals surface area contributed by atoms with Crippen molar-refractivity contribution >= 4 is 27.7 Å². The van der Waals surface area contributed by atoms with Gasteiger partial charge in [0.1, 0.15) is 5.82 Å². The number of hydrogen-bond donors (Lipinski definition) is 1. The van der Waals surface area contributed by atoms with Crippen molar-refractivity contribution in [2.75, 3.05) is 20.0 Å². The van der Waals surface area contributed by atoms with Gasteiger partial charge in [-0.2, -0.15) is 0 Å². The number of aromatic nitrogens is 2. The Morgan fingerprint density at radius 1 is 1.35 bits per heavy atom. The summed E-state index contributed by atoms with van der Waals surface area (Å²) in [5.74, 6) is 1.33. The number of sulfonamides is 1. The number of hydrogen-bond acceptors (Lipinski definition) is 7. The number of ether oxygens (including phenoxy) is 2. The zero-order valence-electron chi connectivity index (χ0n) is 18.0. The molecule has 1 aromatic heterocycles. The Bertz CT molecular complexity index is 930. The Morgan fingerprint density at radius 2 is 2.06 bits per heavy atom. The molecule has 31 heavy (non-hydrogen) atoms. The molecule has 0 radical (unpaired) electrons. The van der Waals surface area contributed by atoms with Crippen molar-refractivity contribution < 1.29 is 22.7 Å². The van der Waals surface area contributed by atoms with Crippen LogP contribution in [-0.4, -0.2) is 73.6 Å². The van der Waals surface area contributed by atoms with Gasteiger partial charge in [-0.25, -0.2) is 27.9 Å². The second-order valence-electron chi connectivity index (χ2n) is 9.04. The van der Waals surface area contributed by atoms with Crippen molar-refractivity contribution in [1.29, 1.82) is 0 Å². The molecule has 2 aliphatic carbocycles. The highest BCUT2D eigenvalue weighted by Gasteiger charge is 2.60. The highest BCUT2D eigenvalue weighted by molar-refractivity contribution is 7.88. The summed E-state index contributed by atoms with van der Waals surface area (Å²) in [4.78, 5) is 22.8. The molecule has 1 N–H and O–H groups in total. The molecule has 1 saturated heterocycles. The number of carbonyl (C=O) groups excluding carboxylic acids is 1. The first-order chi connectivity index (χ1) is 14.6. The number of amides is 1. The normalized spacial score (nSPS) is 35.0. The third kappa shape index (κ3) is 4.67. The lowest BCUT2D eigenvalue weighted by atomic mass is 9.86. The fraction of sp³-hybridized carbons (Fsp3) is 0.750. The SMILES string of the molecule is COC(=O)N1[C@H](C)C[C@H](NS(C)(=O)=O)[C@@H]1CO[C@H]1CC[C@@]2(c3ncc(Cl)cn3)C[C@H]2C1. The van der Waals surface area contributed by atoms with Crippen LogP contribution in [0.5, 0.6) is 0 Å². The van der Waals surface area contributed by atoms with E-state index in [2.05, 4.69) is 14.7 Å². The number of methoxy groups -OCH3 is 1. The van der Waals surface area contributed by atoms with Crippen molar-refractivity contribution in [1.82, 2.24) is 19.6 Å². The van der Waals surface area contributed by atoms with Gasteiger partial charge in [-0.15, -0.1) is 0 Å². The summed E-state index contributed by atoms with van der Waals surface area (Å²) in [7, 11) is -2.08. The van der Waals surface area contributed by atoms with Crippen LogP contribution >= 0.6 is 11.6 Å². The molecule has 11 heteroatoms. The fourth-order valence-electron chi connectivity index (χ4n) is 5.37. The van der Waals surface area contributed by atoms with Crippen LogP contribution in [0.2, 0.25) is 5.02 Å². The van der Waals surface area contributed by atoms with Gasteiger partial charge in [0, 0.05) is 29.9 Å². The maximum absolute atomic E-state index is 12.3. The summed E-state index contributed by atoms with van der Waals surface area (Å²) in [6.07, 6.45) is 8.28. The van der Waals surface area contributed by atoms with Crippen LogP contribution in [0.1, 0.15) is 44.9 Å². The van der Waals surface area contributed by atoms with Crippen molar-refractivity contribution in [2.24, 2.45) is 5.92 Å². The summed E-state index contributed by atoms with van der Waals surface area (Å²) in [6.45, 7) is 2.15. The minimum atomic E-state index is -3.41. The molecule has 0 spiro atoms. The molecule has 1 aliphatic heterocycles. The number of rotatable bonds is 6. The highest BCUT2D eigenvalue weighted by Crippen LogP contribution is 2.61. The van der Waals surface area contributed by atoms with E-state index >= 15 is 0 Å². The van der Waals surface area contributed by atoms with Gasteiger partial charge in [-0.3, -0.25) is 4.90 Å². The average molecular weight is 473 g/mol. The number of halogens is 1. The molecule has 1 amide bonds. The molecule has 0 unspecified atom stereocenters. The Hall–Kier alpha value is -1.49. The quantitative estimate of drug-likeness (QED) is 0.674. The largest absolute Gasteiger partial charge is 0.453 e. The molecule has 6 atom stereocenters. The maximum Gasteiger partial charge on any atom is 0.410 e. The summed E-state index contributed by atoms with van der Waals surface area (Å²) in [6, 6.07) is -0.970. The molecule has 1 aromatic rings. The lowest BCUT2D eigenvalue weighted by Crippen LogP contribution is -2.50. The average Bonchev–Trinajstić information content (AvgIpc) is 3.36. The summed E-state index contributed by atoms with van der Waals surface area (Å²) >= 11 is 5.92. The fourth-order valence-corrected chi connectivity index (χ4v) is 6.27. The minimum Gasteiger partial charge on any atom is -0.453 e. The van der Waals surface area contributed by atoms with E-state index < -0.39 is 28.2 Å². The van der Waals surface area contributed by atoms with E-state index in [1.54, 1.807) is 17.3 Å². The summed E-state index contributed by atoms with van der Waals surface area (Å²) < 4.78 is 37.5. The van der Waals surface area contributed by atoms with E-state index in [4.69, 9.17) is 21.1 Å². The molecule has 2 saturated carbocycles. The Labute approximate surface area is 187 Å². The minimum absolute atomic E-state index is 0.0325. The predicted octanol–water partition coefficient (Wildman–Crippen LogP) is 2.10.